The van der Waals surface area contributed by atoms with E-state index >= 15 is 0 Å². The third-order valence-corrected chi connectivity index (χ3v) is 7.78. The summed E-state index contributed by atoms with van der Waals surface area (Å²) in [5, 5.41) is 9.66. The second-order valence-electron chi connectivity index (χ2n) is 10.9. The van der Waals surface area contributed by atoms with Crippen molar-refractivity contribution < 1.29 is 4.74 Å². The lowest BCUT2D eigenvalue weighted by molar-refractivity contribution is 0.0553. The predicted molar refractivity (Wildman–Crippen MR) is 147 cm³/mol. The van der Waals surface area contributed by atoms with Gasteiger partial charge in [-0.2, -0.15) is 0 Å². The summed E-state index contributed by atoms with van der Waals surface area (Å²) in [5.74, 6) is 0.438. The molecule has 0 spiro atoms. The van der Waals surface area contributed by atoms with Gasteiger partial charge in [0.25, 0.3) is 0 Å². The number of ether oxygens (including phenoxy) is 1. The molecule has 1 aliphatic rings. The highest BCUT2D eigenvalue weighted by molar-refractivity contribution is 6.07. The van der Waals surface area contributed by atoms with Crippen LogP contribution in [0.25, 0.3) is 33.2 Å². The Bertz CT molecular complexity index is 1550. The summed E-state index contributed by atoms with van der Waals surface area (Å²) in [6.45, 7) is 7.68. The minimum absolute atomic E-state index is 0.143. The van der Waals surface area contributed by atoms with Crippen LogP contribution in [0.5, 0.6) is 0 Å². The molecule has 5 aromatic rings. The van der Waals surface area contributed by atoms with E-state index in [1.54, 1.807) is 0 Å². The molecular formula is C30H34N6O. The van der Waals surface area contributed by atoms with Crippen molar-refractivity contribution in [3.63, 3.8) is 0 Å². The molecule has 1 fully saturated rings. The van der Waals surface area contributed by atoms with E-state index in [-0.39, 0.29) is 6.04 Å². The van der Waals surface area contributed by atoms with Gasteiger partial charge in [0.05, 0.1) is 34.0 Å². The standard InChI is InChI=1S/C30H34N6O/c1-19-28(35(4)34-33-19)22-16-26-27(32-18-22)24-11-10-23(30(2,3)31)17-25(24)36(26)29(20-8-6-5-7-9-20)21-12-14-37-15-13-21/h5-11,16-18,21,29H,12-15,31H2,1-4H3/t29-/m1/s1. The molecule has 0 unspecified atom stereocenters. The van der Waals surface area contributed by atoms with Gasteiger partial charge in [-0.3, -0.25) is 4.98 Å². The van der Waals surface area contributed by atoms with Crippen molar-refractivity contribution in [3.8, 4) is 11.3 Å². The zero-order valence-electron chi connectivity index (χ0n) is 22.0. The molecule has 0 saturated carbocycles. The molecule has 2 N–H and O–H groups in total. The van der Waals surface area contributed by atoms with E-state index in [1.165, 1.54) is 5.56 Å². The molecule has 2 aromatic carbocycles. The van der Waals surface area contributed by atoms with Gasteiger partial charge in [-0.1, -0.05) is 47.7 Å². The molecule has 7 nitrogen and oxygen atoms in total. The first-order valence-electron chi connectivity index (χ1n) is 13.1. The first-order valence-corrected chi connectivity index (χ1v) is 13.1. The molecule has 0 bridgehead atoms. The summed E-state index contributed by atoms with van der Waals surface area (Å²) in [6, 6.07) is 19.9. The van der Waals surface area contributed by atoms with Crippen molar-refractivity contribution in [3.05, 3.63) is 77.6 Å². The van der Waals surface area contributed by atoms with E-state index < -0.39 is 5.54 Å². The van der Waals surface area contributed by atoms with Crippen LogP contribution >= 0.6 is 0 Å². The lowest BCUT2D eigenvalue weighted by atomic mass is 9.86. The summed E-state index contributed by atoms with van der Waals surface area (Å²) in [5.41, 5.74) is 14.7. The normalized spacial score (nSPS) is 16.0. The Hall–Kier alpha value is -3.55. The monoisotopic (exact) mass is 494 g/mol. The number of hydrogen-bond acceptors (Lipinski definition) is 5. The highest BCUT2D eigenvalue weighted by atomic mass is 16.5. The Morgan fingerprint density at radius 1 is 1.03 bits per heavy atom. The average Bonchev–Trinajstić information content (AvgIpc) is 3.40. The minimum atomic E-state index is -0.452. The molecule has 1 saturated heterocycles. The third-order valence-electron chi connectivity index (χ3n) is 7.78. The Labute approximate surface area is 217 Å². The molecule has 0 amide bonds. The number of pyridine rings is 1. The second kappa shape index (κ2) is 9.08. The molecule has 1 atom stereocenters. The van der Waals surface area contributed by atoms with Crippen LogP contribution < -0.4 is 5.73 Å². The zero-order valence-corrected chi connectivity index (χ0v) is 22.0. The van der Waals surface area contributed by atoms with E-state index in [0.717, 1.165) is 70.5 Å². The Balaban J connectivity index is 1.69. The van der Waals surface area contributed by atoms with Crippen LogP contribution in [0.1, 0.15) is 49.6 Å². The fraction of sp³-hybridized carbons (Fsp3) is 0.367. The molecule has 6 rings (SSSR count). The highest BCUT2D eigenvalue weighted by Gasteiger charge is 2.31. The average molecular weight is 495 g/mol. The van der Waals surface area contributed by atoms with E-state index in [2.05, 4.69) is 83.3 Å². The van der Waals surface area contributed by atoms with Crippen molar-refractivity contribution in [1.82, 2.24) is 24.5 Å². The number of nitrogens with zero attached hydrogens (tertiary/aromatic N) is 5. The molecule has 7 heteroatoms. The maximum absolute atomic E-state index is 6.59. The van der Waals surface area contributed by atoms with Gasteiger partial charge in [-0.25, -0.2) is 4.68 Å². The van der Waals surface area contributed by atoms with E-state index in [4.69, 9.17) is 15.5 Å². The first-order chi connectivity index (χ1) is 17.8. The molecule has 37 heavy (non-hydrogen) atoms. The highest BCUT2D eigenvalue weighted by Crippen LogP contribution is 2.41. The topological polar surface area (TPSA) is 83.8 Å². The van der Waals surface area contributed by atoms with Crippen molar-refractivity contribution >= 4 is 21.9 Å². The SMILES string of the molecule is Cc1nnn(C)c1-c1cnc2c3ccc(C(C)(C)N)cc3n([C@H](c3ccccc3)C3CCOCC3)c2c1. The van der Waals surface area contributed by atoms with Crippen LogP contribution in [-0.2, 0) is 17.3 Å². The Kier molecular flexibility index (Phi) is 5.85. The first kappa shape index (κ1) is 23.8. The third kappa shape index (κ3) is 4.12. The van der Waals surface area contributed by atoms with Crippen LogP contribution in [0.2, 0.25) is 0 Å². The number of aryl methyl sites for hydroxylation is 2. The Morgan fingerprint density at radius 2 is 1.78 bits per heavy atom. The van der Waals surface area contributed by atoms with Crippen molar-refractivity contribution in [1.29, 1.82) is 0 Å². The number of fused-ring (bicyclic) bond motifs is 3. The molecule has 3 aromatic heterocycles. The van der Waals surface area contributed by atoms with Gasteiger partial charge in [0.15, 0.2) is 0 Å². The van der Waals surface area contributed by atoms with Crippen LogP contribution in [0.3, 0.4) is 0 Å². The van der Waals surface area contributed by atoms with Crippen LogP contribution in [-0.4, -0.2) is 37.8 Å². The number of aromatic nitrogens is 5. The quantitative estimate of drug-likeness (QED) is 0.349. The molecule has 190 valence electrons. The summed E-state index contributed by atoms with van der Waals surface area (Å²) >= 11 is 0. The molecular weight excluding hydrogens is 460 g/mol. The molecule has 4 heterocycles. The smallest absolute Gasteiger partial charge is 0.0960 e. The van der Waals surface area contributed by atoms with Crippen LogP contribution in [0.15, 0.2) is 60.8 Å². The van der Waals surface area contributed by atoms with Gasteiger partial charge in [0.1, 0.15) is 0 Å². The van der Waals surface area contributed by atoms with Gasteiger partial charge in [-0.15, -0.1) is 5.10 Å². The number of rotatable bonds is 5. The van der Waals surface area contributed by atoms with Gasteiger partial charge >= 0.3 is 0 Å². The Morgan fingerprint density at radius 3 is 2.46 bits per heavy atom. The lowest BCUT2D eigenvalue weighted by Gasteiger charge is -2.33. The number of hydrogen-bond donors (Lipinski definition) is 1. The minimum Gasteiger partial charge on any atom is -0.381 e. The van der Waals surface area contributed by atoms with Gasteiger partial charge < -0.3 is 15.0 Å². The zero-order chi connectivity index (χ0) is 25.7. The molecule has 1 aliphatic heterocycles. The fourth-order valence-electron chi connectivity index (χ4n) is 5.91. The van der Waals surface area contributed by atoms with Gasteiger partial charge in [-0.05, 0) is 62.8 Å². The van der Waals surface area contributed by atoms with Crippen LogP contribution in [0, 0.1) is 12.8 Å². The molecule has 0 aliphatic carbocycles. The van der Waals surface area contributed by atoms with Crippen molar-refractivity contribution in [2.24, 2.45) is 18.7 Å². The van der Waals surface area contributed by atoms with Crippen LogP contribution in [0.4, 0.5) is 0 Å². The van der Waals surface area contributed by atoms with E-state index in [9.17, 15) is 0 Å². The van der Waals surface area contributed by atoms with E-state index in [0.29, 0.717) is 5.92 Å². The number of benzene rings is 2. The van der Waals surface area contributed by atoms with Gasteiger partial charge in [0.2, 0.25) is 0 Å². The summed E-state index contributed by atoms with van der Waals surface area (Å²) in [4.78, 5) is 5.04. The summed E-state index contributed by atoms with van der Waals surface area (Å²) < 4.78 is 10.1. The maximum Gasteiger partial charge on any atom is 0.0960 e. The summed E-state index contributed by atoms with van der Waals surface area (Å²) in [6.07, 6.45) is 3.98. The summed E-state index contributed by atoms with van der Waals surface area (Å²) in [7, 11) is 1.93. The second-order valence-corrected chi connectivity index (χ2v) is 10.9. The maximum atomic E-state index is 6.59. The largest absolute Gasteiger partial charge is 0.381 e. The molecule has 0 radical (unpaired) electrons. The van der Waals surface area contributed by atoms with Gasteiger partial charge in [0, 0.05) is 42.9 Å². The lowest BCUT2D eigenvalue weighted by Crippen LogP contribution is -2.29. The van der Waals surface area contributed by atoms with Crippen molar-refractivity contribution in [2.45, 2.75) is 45.2 Å². The fourth-order valence-corrected chi connectivity index (χ4v) is 5.91. The predicted octanol–water partition coefficient (Wildman–Crippen LogP) is 5.50. The number of nitrogens with two attached hydrogens (primary N) is 1. The van der Waals surface area contributed by atoms with E-state index in [1.807, 2.05) is 24.9 Å². The van der Waals surface area contributed by atoms with Crippen molar-refractivity contribution in [2.75, 3.05) is 13.2 Å².